The summed E-state index contributed by atoms with van der Waals surface area (Å²) in [6.45, 7) is 7.15. The Morgan fingerprint density at radius 3 is 2.63 bits per heavy atom. The van der Waals surface area contributed by atoms with E-state index >= 15 is 0 Å². The summed E-state index contributed by atoms with van der Waals surface area (Å²) in [6, 6.07) is 2.57. The molecule has 0 saturated heterocycles. The predicted molar refractivity (Wildman–Crippen MR) is 126 cm³/mol. The highest BCUT2D eigenvalue weighted by Gasteiger charge is 2.38. The zero-order chi connectivity index (χ0) is 25.3. The minimum atomic E-state index is -4.55. The van der Waals surface area contributed by atoms with Crippen molar-refractivity contribution in [2.45, 2.75) is 39.4 Å². The number of nitrogens with one attached hydrogen (secondary N) is 2. The van der Waals surface area contributed by atoms with Crippen LogP contribution in [0.4, 0.5) is 24.9 Å². The standard InChI is InChI=1S/C24H30F3N5O3/c1-12-13(2)17(7-16(12)11-33)31-22-21(14(3)30-23(32-22)28-5-6-34-4)18-8-15-9-20(24(25,26)27)29-10-19(15)35-18/h8-10,12-13,16-17,33H,5-7,11H2,1-4H3,(H2,28,30,31,32). The number of pyridine rings is 1. The molecule has 3 aromatic rings. The van der Waals surface area contributed by atoms with E-state index in [1.807, 2.05) is 0 Å². The molecule has 4 atom stereocenters. The Labute approximate surface area is 201 Å². The van der Waals surface area contributed by atoms with Gasteiger partial charge in [0.1, 0.15) is 17.3 Å². The number of furan rings is 1. The second-order valence-electron chi connectivity index (χ2n) is 9.14. The summed E-state index contributed by atoms with van der Waals surface area (Å²) in [5, 5.41) is 16.7. The number of hydrogen-bond acceptors (Lipinski definition) is 8. The molecule has 3 aromatic heterocycles. The fourth-order valence-electron chi connectivity index (χ4n) is 4.70. The lowest BCUT2D eigenvalue weighted by Crippen LogP contribution is -2.25. The SMILES string of the molecule is COCCNc1nc(C)c(-c2cc3cc(C(F)(F)F)ncc3o2)c(NC2CC(CO)C(C)C2C)n1. The van der Waals surface area contributed by atoms with Crippen LogP contribution in [0.1, 0.15) is 31.7 Å². The van der Waals surface area contributed by atoms with Crippen molar-refractivity contribution in [3.05, 3.63) is 29.7 Å². The third-order valence-corrected chi connectivity index (χ3v) is 6.94. The Morgan fingerprint density at radius 1 is 1.20 bits per heavy atom. The van der Waals surface area contributed by atoms with Crippen molar-refractivity contribution in [1.82, 2.24) is 15.0 Å². The second-order valence-corrected chi connectivity index (χ2v) is 9.14. The summed E-state index contributed by atoms with van der Waals surface area (Å²) in [6.07, 6.45) is -2.70. The van der Waals surface area contributed by atoms with Crippen LogP contribution in [0.15, 0.2) is 22.7 Å². The number of aliphatic hydroxyl groups is 1. The minimum Gasteiger partial charge on any atom is -0.454 e. The highest BCUT2D eigenvalue weighted by atomic mass is 19.4. The first-order valence-corrected chi connectivity index (χ1v) is 11.6. The molecule has 0 aliphatic heterocycles. The maximum Gasteiger partial charge on any atom is 0.433 e. The molecule has 0 radical (unpaired) electrons. The van der Waals surface area contributed by atoms with Crippen molar-refractivity contribution < 1.29 is 27.4 Å². The highest BCUT2D eigenvalue weighted by molar-refractivity contribution is 5.86. The molecule has 0 spiro atoms. The molecular formula is C24H30F3N5O3. The minimum absolute atomic E-state index is 0.0462. The van der Waals surface area contributed by atoms with Gasteiger partial charge in [-0.15, -0.1) is 0 Å². The monoisotopic (exact) mass is 493 g/mol. The van der Waals surface area contributed by atoms with Gasteiger partial charge in [-0.1, -0.05) is 13.8 Å². The number of aryl methyl sites for hydroxylation is 1. The smallest absolute Gasteiger partial charge is 0.433 e. The molecule has 1 fully saturated rings. The topological polar surface area (TPSA) is 105 Å². The van der Waals surface area contributed by atoms with E-state index in [9.17, 15) is 18.3 Å². The van der Waals surface area contributed by atoms with Gasteiger partial charge in [0.25, 0.3) is 0 Å². The molecule has 1 aliphatic rings. The lowest BCUT2D eigenvalue weighted by atomic mass is 9.92. The van der Waals surface area contributed by atoms with Crippen LogP contribution in [0.3, 0.4) is 0 Å². The largest absolute Gasteiger partial charge is 0.454 e. The molecule has 3 heterocycles. The fraction of sp³-hybridized carbons (Fsp3) is 0.542. The van der Waals surface area contributed by atoms with Crippen LogP contribution in [-0.2, 0) is 10.9 Å². The number of fused-ring (bicyclic) bond motifs is 1. The van der Waals surface area contributed by atoms with Crippen LogP contribution >= 0.6 is 0 Å². The van der Waals surface area contributed by atoms with Crippen molar-refractivity contribution in [3.8, 4) is 11.3 Å². The van der Waals surface area contributed by atoms with Gasteiger partial charge in [-0.2, -0.15) is 18.2 Å². The zero-order valence-electron chi connectivity index (χ0n) is 20.1. The summed E-state index contributed by atoms with van der Waals surface area (Å²) >= 11 is 0. The summed E-state index contributed by atoms with van der Waals surface area (Å²) in [5.74, 6) is 2.03. The summed E-state index contributed by atoms with van der Waals surface area (Å²) in [7, 11) is 1.60. The van der Waals surface area contributed by atoms with Gasteiger partial charge in [0, 0.05) is 31.7 Å². The Kier molecular flexibility index (Phi) is 7.18. The lowest BCUT2D eigenvalue weighted by molar-refractivity contribution is -0.141. The Bertz CT molecular complexity index is 1180. The van der Waals surface area contributed by atoms with Crippen molar-refractivity contribution in [2.75, 3.05) is 37.5 Å². The molecule has 11 heteroatoms. The number of anilines is 2. The molecule has 3 N–H and O–H groups in total. The quantitative estimate of drug-likeness (QED) is 0.387. The molecule has 1 aliphatic carbocycles. The molecule has 190 valence electrons. The average molecular weight is 494 g/mol. The Morgan fingerprint density at radius 2 is 1.97 bits per heavy atom. The van der Waals surface area contributed by atoms with Crippen LogP contribution < -0.4 is 10.6 Å². The number of aromatic nitrogens is 3. The molecule has 4 rings (SSSR count). The van der Waals surface area contributed by atoms with Crippen LogP contribution in [0.2, 0.25) is 0 Å². The number of aliphatic hydroxyl groups excluding tert-OH is 1. The summed E-state index contributed by atoms with van der Waals surface area (Å²) in [5.41, 5.74) is 0.427. The van der Waals surface area contributed by atoms with Gasteiger partial charge in [-0.3, -0.25) is 0 Å². The average Bonchev–Trinajstić information content (AvgIpc) is 3.34. The van der Waals surface area contributed by atoms with E-state index in [1.54, 1.807) is 20.1 Å². The maximum atomic E-state index is 13.1. The number of alkyl halides is 3. The number of halogens is 3. The normalized spacial score (nSPS) is 22.6. The number of nitrogens with zero attached hydrogens (tertiary/aromatic N) is 3. The van der Waals surface area contributed by atoms with Gasteiger partial charge in [0.15, 0.2) is 5.58 Å². The predicted octanol–water partition coefficient (Wildman–Crippen LogP) is 4.74. The number of ether oxygens (including phenoxy) is 1. The van der Waals surface area contributed by atoms with Crippen molar-refractivity contribution >= 4 is 22.7 Å². The molecule has 0 bridgehead atoms. The lowest BCUT2D eigenvalue weighted by Gasteiger charge is -2.22. The molecular weight excluding hydrogens is 463 g/mol. The molecule has 0 aromatic carbocycles. The molecule has 4 unspecified atom stereocenters. The van der Waals surface area contributed by atoms with Crippen molar-refractivity contribution in [1.29, 1.82) is 0 Å². The van der Waals surface area contributed by atoms with E-state index < -0.39 is 11.9 Å². The third kappa shape index (κ3) is 5.20. The molecule has 0 amide bonds. The van der Waals surface area contributed by atoms with Crippen LogP contribution in [-0.4, -0.2) is 53.0 Å². The first-order chi connectivity index (χ1) is 16.6. The Balaban J connectivity index is 1.75. The first kappa shape index (κ1) is 25.2. The van der Waals surface area contributed by atoms with E-state index in [0.717, 1.165) is 18.7 Å². The zero-order valence-corrected chi connectivity index (χ0v) is 20.1. The van der Waals surface area contributed by atoms with E-state index in [4.69, 9.17) is 9.15 Å². The number of hydrogen-bond donors (Lipinski definition) is 3. The van der Waals surface area contributed by atoms with E-state index in [0.29, 0.717) is 47.9 Å². The molecule has 8 nitrogen and oxygen atoms in total. The van der Waals surface area contributed by atoms with Gasteiger partial charge < -0.3 is 24.9 Å². The highest BCUT2D eigenvalue weighted by Crippen LogP contribution is 2.41. The van der Waals surface area contributed by atoms with Crippen LogP contribution in [0, 0.1) is 24.7 Å². The first-order valence-electron chi connectivity index (χ1n) is 11.6. The van der Waals surface area contributed by atoms with Crippen LogP contribution in [0.5, 0.6) is 0 Å². The van der Waals surface area contributed by atoms with Gasteiger partial charge in [-0.25, -0.2) is 9.97 Å². The second kappa shape index (κ2) is 9.98. The number of rotatable bonds is 8. The van der Waals surface area contributed by atoms with E-state index in [2.05, 4.69) is 39.4 Å². The van der Waals surface area contributed by atoms with E-state index in [1.165, 1.54) is 0 Å². The van der Waals surface area contributed by atoms with Crippen LogP contribution in [0.25, 0.3) is 22.3 Å². The fourth-order valence-corrected chi connectivity index (χ4v) is 4.70. The third-order valence-electron chi connectivity index (χ3n) is 6.94. The van der Waals surface area contributed by atoms with Gasteiger partial charge in [-0.05, 0) is 43.2 Å². The molecule has 1 saturated carbocycles. The Hall–Kier alpha value is -2.92. The summed E-state index contributed by atoms with van der Waals surface area (Å²) < 4.78 is 50.4. The van der Waals surface area contributed by atoms with Crippen molar-refractivity contribution in [2.24, 2.45) is 17.8 Å². The van der Waals surface area contributed by atoms with Crippen molar-refractivity contribution in [3.63, 3.8) is 0 Å². The van der Waals surface area contributed by atoms with Gasteiger partial charge in [0.05, 0.1) is 24.1 Å². The maximum absolute atomic E-state index is 13.1. The van der Waals surface area contributed by atoms with Gasteiger partial charge >= 0.3 is 6.18 Å². The van der Waals surface area contributed by atoms with Gasteiger partial charge in [0.2, 0.25) is 5.95 Å². The number of methoxy groups -OCH3 is 1. The summed E-state index contributed by atoms with van der Waals surface area (Å²) in [4.78, 5) is 12.7. The molecule has 35 heavy (non-hydrogen) atoms. The van der Waals surface area contributed by atoms with E-state index in [-0.39, 0.29) is 35.5 Å².